The molecule has 1 N–H and O–H groups in total. The molecular formula is C27H29BrClN3O4S. The molecular weight excluding hydrogens is 578 g/mol. The van der Waals surface area contributed by atoms with E-state index in [9.17, 15) is 18.0 Å². The fourth-order valence-corrected chi connectivity index (χ4v) is 5.67. The third-order valence-corrected chi connectivity index (χ3v) is 8.22. The van der Waals surface area contributed by atoms with Gasteiger partial charge in [0.2, 0.25) is 11.8 Å². The molecule has 0 fully saturated rings. The number of hydrogen-bond donors (Lipinski definition) is 1. The van der Waals surface area contributed by atoms with Gasteiger partial charge in [0, 0.05) is 22.6 Å². The van der Waals surface area contributed by atoms with E-state index in [-0.39, 0.29) is 23.0 Å². The molecule has 0 radical (unpaired) electrons. The lowest BCUT2D eigenvalue weighted by atomic mass is 10.1. The molecule has 0 aliphatic carbocycles. The molecule has 1 atom stereocenters. The molecule has 10 heteroatoms. The van der Waals surface area contributed by atoms with Crippen LogP contribution in [0.1, 0.15) is 25.8 Å². The zero-order valence-electron chi connectivity index (χ0n) is 20.6. The van der Waals surface area contributed by atoms with Gasteiger partial charge in [-0.3, -0.25) is 13.9 Å². The number of carbonyl (C=O) groups excluding carboxylic acids is 2. The smallest absolute Gasteiger partial charge is 0.264 e. The van der Waals surface area contributed by atoms with E-state index in [0.717, 1.165) is 20.8 Å². The summed E-state index contributed by atoms with van der Waals surface area (Å²) in [5, 5.41) is 3.26. The Labute approximate surface area is 231 Å². The molecule has 0 spiro atoms. The summed E-state index contributed by atoms with van der Waals surface area (Å²) < 4.78 is 29.2. The topological polar surface area (TPSA) is 86.8 Å². The summed E-state index contributed by atoms with van der Waals surface area (Å²) >= 11 is 9.47. The van der Waals surface area contributed by atoms with Crippen molar-refractivity contribution in [2.45, 2.75) is 37.8 Å². The first-order valence-corrected chi connectivity index (χ1v) is 14.4. The number of amides is 2. The van der Waals surface area contributed by atoms with Crippen molar-refractivity contribution in [3.05, 3.63) is 93.9 Å². The quantitative estimate of drug-likeness (QED) is 0.323. The van der Waals surface area contributed by atoms with E-state index in [4.69, 9.17) is 11.6 Å². The second-order valence-corrected chi connectivity index (χ2v) is 11.6. The standard InChI is InChI=1S/C27H29BrClN3O4S/c1-3-16-30-27(34)20(2)31(18-21-8-7-9-22(28)17-21)26(33)19-32(24-14-12-23(29)13-15-24)37(35,36)25-10-5-4-6-11-25/h4-15,17,20H,3,16,18-19H2,1-2H3,(H,30,34)/t20-/m0/s1. The molecule has 7 nitrogen and oxygen atoms in total. The highest BCUT2D eigenvalue weighted by molar-refractivity contribution is 9.10. The lowest BCUT2D eigenvalue weighted by Gasteiger charge is -2.32. The molecule has 3 aromatic rings. The van der Waals surface area contributed by atoms with Crippen LogP contribution in [0.2, 0.25) is 5.02 Å². The van der Waals surface area contributed by atoms with E-state index in [0.29, 0.717) is 11.6 Å². The lowest BCUT2D eigenvalue weighted by molar-refractivity contribution is -0.139. The summed E-state index contributed by atoms with van der Waals surface area (Å²) in [7, 11) is -4.10. The van der Waals surface area contributed by atoms with Gasteiger partial charge in [0.05, 0.1) is 10.6 Å². The van der Waals surface area contributed by atoms with Crippen LogP contribution < -0.4 is 9.62 Å². The van der Waals surface area contributed by atoms with Gasteiger partial charge in [-0.1, -0.05) is 64.8 Å². The van der Waals surface area contributed by atoms with Crippen LogP contribution in [-0.2, 0) is 26.2 Å². The SMILES string of the molecule is CCCNC(=O)[C@H](C)N(Cc1cccc(Br)c1)C(=O)CN(c1ccc(Cl)cc1)S(=O)(=O)c1ccccc1. The molecule has 0 unspecified atom stereocenters. The Hall–Kier alpha value is -2.88. The number of halogens is 2. The Bertz CT molecular complexity index is 1320. The monoisotopic (exact) mass is 605 g/mol. The maximum atomic E-state index is 13.8. The first kappa shape index (κ1) is 28.7. The maximum absolute atomic E-state index is 13.8. The third-order valence-electron chi connectivity index (χ3n) is 5.68. The predicted octanol–water partition coefficient (Wildman–Crippen LogP) is 5.24. The highest BCUT2D eigenvalue weighted by Gasteiger charge is 2.32. The van der Waals surface area contributed by atoms with Crippen LogP contribution in [0.5, 0.6) is 0 Å². The van der Waals surface area contributed by atoms with Crippen molar-refractivity contribution in [2.24, 2.45) is 0 Å². The third kappa shape index (κ3) is 7.56. The number of benzene rings is 3. The van der Waals surface area contributed by atoms with Crippen molar-refractivity contribution in [2.75, 3.05) is 17.4 Å². The minimum absolute atomic E-state index is 0.0463. The number of anilines is 1. The maximum Gasteiger partial charge on any atom is 0.264 e. The number of nitrogens with one attached hydrogen (secondary N) is 1. The highest BCUT2D eigenvalue weighted by Crippen LogP contribution is 2.26. The molecule has 0 aromatic heterocycles. The predicted molar refractivity (Wildman–Crippen MR) is 150 cm³/mol. The average Bonchev–Trinajstić information content (AvgIpc) is 2.89. The molecule has 0 aliphatic heterocycles. The molecule has 0 bridgehead atoms. The minimum atomic E-state index is -4.10. The Morgan fingerprint density at radius 2 is 1.68 bits per heavy atom. The van der Waals surface area contributed by atoms with Crippen LogP contribution >= 0.6 is 27.5 Å². The number of nitrogens with zero attached hydrogens (tertiary/aromatic N) is 2. The molecule has 0 heterocycles. The van der Waals surface area contributed by atoms with Crippen LogP contribution in [0, 0.1) is 0 Å². The van der Waals surface area contributed by atoms with Crippen LogP contribution in [0.15, 0.2) is 88.2 Å². The van der Waals surface area contributed by atoms with E-state index in [1.54, 1.807) is 49.4 Å². The number of carbonyl (C=O) groups is 2. The second-order valence-electron chi connectivity index (χ2n) is 8.42. The van der Waals surface area contributed by atoms with Crippen molar-refractivity contribution in [3.63, 3.8) is 0 Å². The first-order valence-electron chi connectivity index (χ1n) is 11.8. The van der Waals surface area contributed by atoms with Crippen molar-refractivity contribution in [1.29, 1.82) is 0 Å². The van der Waals surface area contributed by atoms with Gasteiger partial charge in [-0.05, 0) is 67.4 Å². The molecule has 0 saturated carbocycles. The zero-order valence-corrected chi connectivity index (χ0v) is 23.8. The summed E-state index contributed by atoms with van der Waals surface area (Å²) in [5.41, 5.74) is 1.08. The van der Waals surface area contributed by atoms with Gasteiger partial charge in [-0.15, -0.1) is 0 Å². The minimum Gasteiger partial charge on any atom is -0.354 e. The van der Waals surface area contributed by atoms with Crippen molar-refractivity contribution < 1.29 is 18.0 Å². The Balaban J connectivity index is 2.00. The van der Waals surface area contributed by atoms with Gasteiger partial charge in [0.25, 0.3) is 10.0 Å². The van der Waals surface area contributed by atoms with Gasteiger partial charge in [-0.25, -0.2) is 8.42 Å². The Morgan fingerprint density at radius 3 is 2.30 bits per heavy atom. The second kappa shape index (κ2) is 13.1. The number of hydrogen-bond acceptors (Lipinski definition) is 4. The normalized spacial score (nSPS) is 12.0. The number of rotatable bonds is 11. The molecule has 3 aromatic carbocycles. The summed E-state index contributed by atoms with van der Waals surface area (Å²) in [4.78, 5) is 28.1. The van der Waals surface area contributed by atoms with E-state index in [1.165, 1.54) is 17.0 Å². The van der Waals surface area contributed by atoms with Crippen LogP contribution in [-0.4, -0.2) is 44.3 Å². The molecule has 0 aliphatic rings. The van der Waals surface area contributed by atoms with Crippen LogP contribution in [0.25, 0.3) is 0 Å². The van der Waals surface area contributed by atoms with Gasteiger partial charge in [-0.2, -0.15) is 0 Å². The lowest BCUT2D eigenvalue weighted by Crippen LogP contribution is -2.51. The van der Waals surface area contributed by atoms with Crippen molar-refractivity contribution in [3.8, 4) is 0 Å². The highest BCUT2D eigenvalue weighted by atomic mass is 79.9. The Morgan fingerprint density at radius 1 is 1.00 bits per heavy atom. The Kier molecular flexibility index (Phi) is 10.1. The van der Waals surface area contributed by atoms with Gasteiger partial charge < -0.3 is 10.2 Å². The van der Waals surface area contributed by atoms with Crippen LogP contribution in [0.3, 0.4) is 0 Å². The molecule has 2 amide bonds. The summed E-state index contributed by atoms with van der Waals surface area (Å²) in [6, 6.07) is 20.7. The van der Waals surface area contributed by atoms with E-state index in [1.807, 2.05) is 31.2 Å². The molecule has 37 heavy (non-hydrogen) atoms. The zero-order chi connectivity index (χ0) is 27.0. The summed E-state index contributed by atoms with van der Waals surface area (Å²) in [6.45, 7) is 3.67. The summed E-state index contributed by atoms with van der Waals surface area (Å²) in [5.74, 6) is -0.831. The molecule has 196 valence electrons. The fourth-order valence-electron chi connectivity index (χ4n) is 3.67. The summed E-state index contributed by atoms with van der Waals surface area (Å²) in [6.07, 6.45) is 0.748. The van der Waals surface area contributed by atoms with Gasteiger partial charge >= 0.3 is 0 Å². The van der Waals surface area contributed by atoms with Crippen molar-refractivity contribution in [1.82, 2.24) is 10.2 Å². The van der Waals surface area contributed by atoms with E-state index >= 15 is 0 Å². The van der Waals surface area contributed by atoms with Gasteiger partial charge in [0.1, 0.15) is 12.6 Å². The van der Waals surface area contributed by atoms with Crippen LogP contribution in [0.4, 0.5) is 5.69 Å². The number of sulfonamides is 1. The average molecular weight is 607 g/mol. The largest absolute Gasteiger partial charge is 0.354 e. The van der Waals surface area contributed by atoms with Crippen molar-refractivity contribution >= 4 is 55.1 Å². The fraction of sp³-hybridized carbons (Fsp3) is 0.259. The molecule has 0 saturated heterocycles. The van der Waals surface area contributed by atoms with Gasteiger partial charge in [0.15, 0.2) is 0 Å². The first-order chi connectivity index (χ1) is 17.6. The van der Waals surface area contributed by atoms with E-state index < -0.39 is 28.5 Å². The molecule has 3 rings (SSSR count). The van der Waals surface area contributed by atoms with E-state index in [2.05, 4.69) is 21.2 Å².